The van der Waals surface area contributed by atoms with Gasteiger partial charge in [-0.05, 0) is 18.2 Å². The highest BCUT2D eigenvalue weighted by Gasteiger charge is 2.09. The second-order valence-electron chi connectivity index (χ2n) is 2.97. The number of rotatable bonds is 1. The molecule has 0 saturated carbocycles. The second kappa shape index (κ2) is 3.45. The van der Waals surface area contributed by atoms with Gasteiger partial charge in [-0.2, -0.15) is 0 Å². The van der Waals surface area contributed by atoms with Gasteiger partial charge in [-0.25, -0.2) is 5.84 Å². The van der Waals surface area contributed by atoms with E-state index in [-0.39, 0.29) is 0 Å². The third kappa shape index (κ3) is 1.78. The summed E-state index contributed by atoms with van der Waals surface area (Å²) in [7, 11) is 0. The fourth-order valence-electron chi connectivity index (χ4n) is 1.34. The van der Waals surface area contributed by atoms with Gasteiger partial charge in [0, 0.05) is 18.9 Å². The number of nitrogens with zero attached hydrogens (tertiary/aromatic N) is 3. The molecule has 0 radical (unpaired) electrons. The molecule has 0 aliphatic carbocycles. The van der Waals surface area contributed by atoms with E-state index in [9.17, 15) is 0 Å². The maximum absolute atomic E-state index is 5.65. The van der Waals surface area contributed by atoms with Gasteiger partial charge < -0.3 is 4.90 Å². The molecule has 0 fully saturated rings. The minimum atomic E-state index is 0.711. The molecule has 0 bridgehead atoms. The van der Waals surface area contributed by atoms with Gasteiger partial charge >= 0.3 is 0 Å². The van der Waals surface area contributed by atoms with E-state index in [0.717, 1.165) is 12.2 Å². The molecular formula is C9H12N4. The fraction of sp³-hybridized carbons (Fsp3) is 0.222. The molecule has 4 nitrogen and oxygen atoms in total. The first-order valence-corrected chi connectivity index (χ1v) is 4.19. The molecule has 4 heteroatoms. The Labute approximate surface area is 77.2 Å². The van der Waals surface area contributed by atoms with Crippen LogP contribution in [0.1, 0.15) is 0 Å². The molecule has 0 atom stereocenters. The summed E-state index contributed by atoms with van der Waals surface area (Å²) in [5, 5.41) is 1.65. The molecule has 0 unspecified atom stereocenters. The van der Waals surface area contributed by atoms with E-state index in [2.05, 4.69) is 9.88 Å². The number of nitrogens with two attached hydrogens (primary N) is 1. The number of hydrogen-bond acceptors (Lipinski definition) is 4. The molecule has 2 rings (SSSR count). The van der Waals surface area contributed by atoms with E-state index in [1.54, 1.807) is 11.2 Å². The van der Waals surface area contributed by atoms with Crippen LogP contribution in [0, 0.1) is 0 Å². The zero-order valence-electron chi connectivity index (χ0n) is 7.30. The topological polar surface area (TPSA) is 45.4 Å². The van der Waals surface area contributed by atoms with Crippen LogP contribution in [-0.4, -0.2) is 23.2 Å². The van der Waals surface area contributed by atoms with Gasteiger partial charge in [0.25, 0.3) is 0 Å². The summed E-state index contributed by atoms with van der Waals surface area (Å²) >= 11 is 0. The lowest BCUT2D eigenvalue weighted by atomic mass is 10.3. The van der Waals surface area contributed by atoms with Gasteiger partial charge in [-0.3, -0.25) is 9.99 Å². The van der Waals surface area contributed by atoms with E-state index in [4.69, 9.17) is 5.84 Å². The van der Waals surface area contributed by atoms with Crippen molar-refractivity contribution >= 4 is 5.69 Å². The van der Waals surface area contributed by atoms with Crippen molar-refractivity contribution in [3.8, 4) is 0 Å². The average molecular weight is 176 g/mol. The smallest absolute Gasteiger partial charge is 0.105 e. The van der Waals surface area contributed by atoms with E-state index < -0.39 is 0 Å². The number of aromatic nitrogens is 1. The van der Waals surface area contributed by atoms with E-state index in [1.807, 2.05) is 30.6 Å². The number of anilines is 1. The number of pyridine rings is 1. The molecule has 0 amide bonds. The number of hydrogen-bond donors (Lipinski definition) is 1. The lowest BCUT2D eigenvalue weighted by molar-refractivity contribution is 0.378. The molecule has 13 heavy (non-hydrogen) atoms. The lowest BCUT2D eigenvalue weighted by Gasteiger charge is -2.30. The van der Waals surface area contributed by atoms with Crippen LogP contribution in [-0.2, 0) is 0 Å². The summed E-state index contributed by atoms with van der Waals surface area (Å²) in [5.74, 6) is 5.65. The number of hydrazine groups is 1. The molecule has 2 heterocycles. The highest BCUT2D eigenvalue weighted by molar-refractivity contribution is 5.44. The van der Waals surface area contributed by atoms with E-state index >= 15 is 0 Å². The Morgan fingerprint density at radius 1 is 1.46 bits per heavy atom. The predicted molar refractivity (Wildman–Crippen MR) is 51.6 cm³/mol. The van der Waals surface area contributed by atoms with Crippen molar-refractivity contribution in [2.45, 2.75) is 0 Å². The molecule has 0 spiro atoms. The van der Waals surface area contributed by atoms with Gasteiger partial charge in [-0.15, -0.1) is 0 Å². The zero-order valence-corrected chi connectivity index (χ0v) is 7.30. The van der Waals surface area contributed by atoms with Crippen LogP contribution in [0.3, 0.4) is 0 Å². The highest BCUT2D eigenvalue weighted by atomic mass is 15.5. The van der Waals surface area contributed by atoms with Gasteiger partial charge in [0.05, 0.1) is 11.9 Å². The summed E-state index contributed by atoms with van der Waals surface area (Å²) in [4.78, 5) is 6.21. The van der Waals surface area contributed by atoms with Crippen LogP contribution >= 0.6 is 0 Å². The molecule has 0 aromatic carbocycles. The lowest BCUT2D eigenvalue weighted by Crippen LogP contribution is -2.42. The van der Waals surface area contributed by atoms with Crippen molar-refractivity contribution in [2.75, 3.05) is 18.1 Å². The molecule has 1 aromatic rings. The van der Waals surface area contributed by atoms with Crippen LogP contribution in [0.5, 0.6) is 0 Å². The summed E-state index contributed by atoms with van der Waals surface area (Å²) in [6.07, 6.45) is 7.51. The Hall–Kier alpha value is -1.55. The quantitative estimate of drug-likeness (QED) is 0.635. The summed E-state index contributed by atoms with van der Waals surface area (Å²) < 4.78 is 0. The normalized spacial score (nSPS) is 16.4. The summed E-state index contributed by atoms with van der Waals surface area (Å²) in [5.41, 5.74) is 1.10. The van der Waals surface area contributed by atoms with Gasteiger partial charge in [0.15, 0.2) is 0 Å². The average Bonchev–Trinajstić information content (AvgIpc) is 2.19. The van der Waals surface area contributed by atoms with Crippen LogP contribution < -0.4 is 10.7 Å². The minimum Gasteiger partial charge on any atom is -0.348 e. The van der Waals surface area contributed by atoms with E-state index in [1.165, 1.54) is 0 Å². The van der Waals surface area contributed by atoms with Crippen molar-refractivity contribution in [1.82, 2.24) is 9.99 Å². The Morgan fingerprint density at radius 3 is 3.08 bits per heavy atom. The first-order valence-electron chi connectivity index (χ1n) is 4.19. The largest absolute Gasteiger partial charge is 0.348 e. The van der Waals surface area contributed by atoms with Crippen molar-refractivity contribution in [3.05, 3.63) is 36.8 Å². The molecule has 68 valence electrons. The standard InChI is InChI=1S/C9H12N4/c10-13-6-2-5-12(8-13)9-3-1-4-11-7-9/h1-4,6-7H,5,8,10H2. The predicted octanol–water partition coefficient (Wildman–Crippen LogP) is 0.548. The van der Waals surface area contributed by atoms with Crippen molar-refractivity contribution in [2.24, 2.45) is 5.84 Å². The van der Waals surface area contributed by atoms with Crippen molar-refractivity contribution < 1.29 is 0 Å². The molecule has 0 saturated heterocycles. The van der Waals surface area contributed by atoms with Crippen molar-refractivity contribution in [1.29, 1.82) is 0 Å². The summed E-state index contributed by atoms with van der Waals surface area (Å²) in [6, 6.07) is 3.95. The third-order valence-corrected chi connectivity index (χ3v) is 1.97. The second-order valence-corrected chi connectivity index (χ2v) is 2.97. The minimum absolute atomic E-state index is 0.711. The van der Waals surface area contributed by atoms with Gasteiger partial charge in [0.1, 0.15) is 6.67 Å². The molecular weight excluding hydrogens is 164 g/mol. The Kier molecular flexibility index (Phi) is 2.14. The molecule has 1 aromatic heterocycles. The Morgan fingerprint density at radius 2 is 2.38 bits per heavy atom. The Balaban J connectivity index is 2.15. The summed E-state index contributed by atoms with van der Waals surface area (Å²) in [6.45, 7) is 1.60. The van der Waals surface area contributed by atoms with Crippen LogP contribution in [0.2, 0.25) is 0 Å². The highest BCUT2D eigenvalue weighted by Crippen LogP contribution is 2.13. The van der Waals surface area contributed by atoms with Gasteiger partial charge in [0.2, 0.25) is 0 Å². The third-order valence-electron chi connectivity index (χ3n) is 1.97. The Bertz CT molecular complexity index is 296. The first kappa shape index (κ1) is 8.07. The molecule has 2 N–H and O–H groups in total. The maximum Gasteiger partial charge on any atom is 0.105 e. The zero-order chi connectivity index (χ0) is 9.10. The van der Waals surface area contributed by atoms with Crippen LogP contribution in [0.4, 0.5) is 5.69 Å². The first-order chi connectivity index (χ1) is 6.36. The maximum atomic E-state index is 5.65. The molecule has 1 aliphatic rings. The SMILES string of the molecule is NN1C=CCN(c2cccnc2)C1. The van der Waals surface area contributed by atoms with Crippen LogP contribution in [0.15, 0.2) is 36.8 Å². The van der Waals surface area contributed by atoms with E-state index in [0.29, 0.717) is 6.67 Å². The molecule has 1 aliphatic heterocycles. The fourth-order valence-corrected chi connectivity index (χ4v) is 1.34. The van der Waals surface area contributed by atoms with Crippen LogP contribution in [0.25, 0.3) is 0 Å². The van der Waals surface area contributed by atoms with Gasteiger partial charge in [-0.1, -0.05) is 0 Å². The monoisotopic (exact) mass is 176 g/mol. The van der Waals surface area contributed by atoms with Crippen molar-refractivity contribution in [3.63, 3.8) is 0 Å².